The van der Waals surface area contributed by atoms with Gasteiger partial charge in [-0.1, -0.05) is 0 Å². The molecule has 0 saturated carbocycles. The number of hydrogen-bond donors (Lipinski definition) is 2. The largest absolute Gasteiger partial charge is 0.469 e. The zero-order valence-electron chi connectivity index (χ0n) is 13.7. The van der Waals surface area contributed by atoms with Crippen molar-refractivity contribution in [2.75, 3.05) is 39.8 Å². The molecule has 1 unspecified atom stereocenters. The monoisotopic (exact) mass is 420 g/mol. The van der Waals surface area contributed by atoms with Crippen molar-refractivity contribution in [1.82, 2.24) is 15.5 Å². The molecule has 0 bridgehead atoms. The van der Waals surface area contributed by atoms with E-state index in [1.54, 1.807) is 6.26 Å². The molecule has 22 heavy (non-hydrogen) atoms. The lowest BCUT2D eigenvalue weighted by Gasteiger charge is -2.28. The van der Waals surface area contributed by atoms with Crippen LogP contribution in [0, 0.1) is 5.92 Å². The molecule has 2 N–H and O–H groups in total. The Bertz CT molecular complexity index is 422. The van der Waals surface area contributed by atoms with Crippen molar-refractivity contribution in [3.05, 3.63) is 24.2 Å². The molecule has 1 aromatic rings. The van der Waals surface area contributed by atoms with E-state index >= 15 is 0 Å². The molecule has 0 amide bonds. The molecular formula is C16H29IN4O. The van der Waals surface area contributed by atoms with Gasteiger partial charge in [0, 0.05) is 32.6 Å². The predicted octanol–water partition coefficient (Wildman–Crippen LogP) is 2.34. The summed E-state index contributed by atoms with van der Waals surface area (Å²) in [7, 11) is 2.20. The first-order valence-electron chi connectivity index (χ1n) is 8.01. The van der Waals surface area contributed by atoms with Gasteiger partial charge >= 0.3 is 0 Å². The quantitative estimate of drug-likeness (QED) is 0.422. The fourth-order valence-electron chi connectivity index (χ4n) is 2.74. The number of hydrogen-bond acceptors (Lipinski definition) is 3. The minimum atomic E-state index is 0. The van der Waals surface area contributed by atoms with Gasteiger partial charge in [-0.15, -0.1) is 24.0 Å². The van der Waals surface area contributed by atoms with E-state index < -0.39 is 0 Å². The number of halogens is 1. The third-order valence-corrected chi connectivity index (χ3v) is 3.82. The summed E-state index contributed by atoms with van der Waals surface area (Å²) >= 11 is 0. The highest BCUT2D eigenvalue weighted by Crippen LogP contribution is 2.14. The summed E-state index contributed by atoms with van der Waals surface area (Å²) in [5.74, 6) is 2.61. The minimum absolute atomic E-state index is 0. The molecule has 1 aliphatic rings. The molecule has 0 aliphatic carbocycles. The normalized spacial score (nSPS) is 19.5. The fourth-order valence-corrected chi connectivity index (χ4v) is 2.74. The van der Waals surface area contributed by atoms with Gasteiger partial charge in [-0.05, 0) is 51.4 Å². The average molecular weight is 420 g/mol. The molecule has 5 nitrogen and oxygen atoms in total. The zero-order valence-corrected chi connectivity index (χ0v) is 16.0. The number of likely N-dealkylation sites (tertiary alicyclic amines) is 1. The molecule has 0 spiro atoms. The van der Waals surface area contributed by atoms with Crippen LogP contribution in [0.15, 0.2) is 27.8 Å². The Morgan fingerprint density at radius 1 is 1.45 bits per heavy atom. The number of guanidine groups is 1. The van der Waals surface area contributed by atoms with Crippen LogP contribution in [0.2, 0.25) is 0 Å². The lowest BCUT2D eigenvalue weighted by atomic mass is 9.99. The third-order valence-electron chi connectivity index (χ3n) is 3.82. The number of piperidine rings is 1. The van der Waals surface area contributed by atoms with Gasteiger partial charge < -0.3 is 20.0 Å². The Morgan fingerprint density at radius 3 is 3.00 bits per heavy atom. The van der Waals surface area contributed by atoms with E-state index in [-0.39, 0.29) is 24.0 Å². The molecule has 126 valence electrons. The lowest BCUT2D eigenvalue weighted by molar-refractivity contribution is 0.214. The first kappa shape index (κ1) is 19.3. The molecule has 1 aliphatic heterocycles. The second kappa shape index (κ2) is 10.9. The molecule has 1 fully saturated rings. The minimum Gasteiger partial charge on any atom is -0.469 e. The maximum absolute atomic E-state index is 5.34. The average Bonchev–Trinajstić information content (AvgIpc) is 2.98. The molecule has 1 saturated heterocycles. The van der Waals surface area contributed by atoms with E-state index in [9.17, 15) is 0 Å². The van der Waals surface area contributed by atoms with Gasteiger partial charge in [-0.2, -0.15) is 0 Å². The van der Waals surface area contributed by atoms with Gasteiger partial charge in [0.25, 0.3) is 0 Å². The van der Waals surface area contributed by atoms with E-state index in [0.717, 1.165) is 44.3 Å². The van der Waals surface area contributed by atoms with Crippen LogP contribution >= 0.6 is 24.0 Å². The second-order valence-electron chi connectivity index (χ2n) is 5.75. The highest BCUT2D eigenvalue weighted by Gasteiger charge is 2.16. The van der Waals surface area contributed by atoms with Crippen molar-refractivity contribution in [3.63, 3.8) is 0 Å². The molecule has 2 heterocycles. The van der Waals surface area contributed by atoms with Crippen LogP contribution < -0.4 is 10.6 Å². The zero-order chi connectivity index (χ0) is 14.9. The molecule has 1 aromatic heterocycles. The summed E-state index contributed by atoms with van der Waals surface area (Å²) in [5.41, 5.74) is 0. The maximum Gasteiger partial charge on any atom is 0.191 e. The Kier molecular flexibility index (Phi) is 9.54. The van der Waals surface area contributed by atoms with Crippen molar-refractivity contribution in [2.24, 2.45) is 10.9 Å². The second-order valence-corrected chi connectivity index (χ2v) is 5.75. The van der Waals surface area contributed by atoms with Crippen molar-refractivity contribution < 1.29 is 4.42 Å². The summed E-state index contributed by atoms with van der Waals surface area (Å²) in [5, 5.41) is 6.68. The number of rotatable bonds is 6. The lowest BCUT2D eigenvalue weighted by Crippen LogP contribution is -2.39. The molecule has 0 radical (unpaired) electrons. The third kappa shape index (κ3) is 7.00. The predicted molar refractivity (Wildman–Crippen MR) is 102 cm³/mol. The summed E-state index contributed by atoms with van der Waals surface area (Å²) in [4.78, 5) is 7.13. The Morgan fingerprint density at radius 2 is 2.32 bits per heavy atom. The molecular weight excluding hydrogens is 391 g/mol. The van der Waals surface area contributed by atoms with Gasteiger partial charge in [0.1, 0.15) is 5.76 Å². The van der Waals surface area contributed by atoms with E-state index in [4.69, 9.17) is 9.41 Å². The van der Waals surface area contributed by atoms with Crippen LogP contribution in [0.25, 0.3) is 0 Å². The summed E-state index contributed by atoms with van der Waals surface area (Å²) in [6.45, 7) is 7.11. The summed E-state index contributed by atoms with van der Waals surface area (Å²) in [6.07, 6.45) is 5.18. The van der Waals surface area contributed by atoms with Crippen LogP contribution in [-0.4, -0.2) is 50.6 Å². The molecule has 2 rings (SSSR count). The Hall–Kier alpha value is -0.760. The highest BCUT2D eigenvalue weighted by molar-refractivity contribution is 14.0. The van der Waals surface area contributed by atoms with E-state index in [1.165, 1.54) is 19.4 Å². The van der Waals surface area contributed by atoms with Gasteiger partial charge in [-0.25, -0.2) is 0 Å². The smallest absolute Gasteiger partial charge is 0.191 e. The van der Waals surface area contributed by atoms with Crippen molar-refractivity contribution in [3.8, 4) is 0 Å². The molecule has 6 heteroatoms. The standard InChI is InChI=1S/C16H28N4O.HI/c1-3-17-16(18-9-8-15-7-5-11-21-15)19-12-14-6-4-10-20(2)13-14;/h5,7,11,14H,3-4,6,8-10,12-13H2,1-2H3,(H2,17,18,19);1H. The fraction of sp³-hybridized carbons (Fsp3) is 0.688. The van der Waals surface area contributed by atoms with Crippen molar-refractivity contribution in [1.29, 1.82) is 0 Å². The molecule has 1 atom stereocenters. The number of nitrogens with one attached hydrogen (secondary N) is 2. The SMILES string of the molecule is CCNC(=NCC1CCCN(C)C1)NCCc1ccco1.I. The summed E-state index contributed by atoms with van der Waals surface area (Å²) < 4.78 is 5.34. The van der Waals surface area contributed by atoms with Gasteiger partial charge in [0.2, 0.25) is 0 Å². The van der Waals surface area contributed by atoms with Gasteiger partial charge in [0.15, 0.2) is 5.96 Å². The molecule has 0 aromatic carbocycles. The first-order valence-corrected chi connectivity index (χ1v) is 8.01. The van der Waals surface area contributed by atoms with Gasteiger partial charge in [-0.3, -0.25) is 4.99 Å². The Labute approximate surface area is 150 Å². The van der Waals surface area contributed by atoms with Crippen molar-refractivity contribution in [2.45, 2.75) is 26.2 Å². The van der Waals surface area contributed by atoms with Crippen LogP contribution in [0.5, 0.6) is 0 Å². The van der Waals surface area contributed by atoms with Gasteiger partial charge in [0.05, 0.1) is 6.26 Å². The van der Waals surface area contributed by atoms with E-state index in [0.29, 0.717) is 5.92 Å². The highest BCUT2D eigenvalue weighted by atomic mass is 127. The van der Waals surface area contributed by atoms with E-state index in [1.807, 2.05) is 12.1 Å². The number of nitrogens with zero attached hydrogens (tertiary/aromatic N) is 2. The van der Waals surface area contributed by atoms with Crippen LogP contribution in [0.4, 0.5) is 0 Å². The van der Waals surface area contributed by atoms with Crippen molar-refractivity contribution >= 4 is 29.9 Å². The van der Waals surface area contributed by atoms with Crippen LogP contribution in [0.3, 0.4) is 0 Å². The summed E-state index contributed by atoms with van der Waals surface area (Å²) in [6, 6.07) is 3.93. The van der Waals surface area contributed by atoms with Crippen LogP contribution in [0.1, 0.15) is 25.5 Å². The number of furan rings is 1. The maximum atomic E-state index is 5.34. The Balaban J connectivity index is 0.00000242. The first-order chi connectivity index (χ1) is 10.3. The van der Waals surface area contributed by atoms with E-state index in [2.05, 4.69) is 29.5 Å². The van der Waals surface area contributed by atoms with Crippen LogP contribution in [-0.2, 0) is 6.42 Å². The number of aliphatic imine (C=N–C) groups is 1. The topological polar surface area (TPSA) is 52.8 Å².